The number of aliphatic carboxylic acids is 1. The molecule has 0 saturated carbocycles. The largest absolute Gasteiger partial charge is 0.481 e. The zero-order valence-corrected chi connectivity index (χ0v) is 11.6. The number of carboxylic acids is 1. The Balaban J connectivity index is 2.20. The average Bonchev–Trinajstić information content (AvgIpc) is 2.44. The van der Waals surface area contributed by atoms with E-state index in [2.05, 4.69) is 10.3 Å². The number of rotatable bonds is 8. The van der Waals surface area contributed by atoms with Gasteiger partial charge in [-0.2, -0.15) is 0 Å². The molecule has 1 heterocycles. The van der Waals surface area contributed by atoms with Crippen LogP contribution < -0.4 is 5.32 Å². The first-order valence-corrected chi connectivity index (χ1v) is 6.65. The van der Waals surface area contributed by atoms with E-state index < -0.39 is 5.97 Å². The van der Waals surface area contributed by atoms with Crippen molar-refractivity contribution in [2.75, 3.05) is 6.54 Å². The van der Waals surface area contributed by atoms with E-state index in [1.54, 1.807) is 18.5 Å². The first kappa shape index (κ1) is 15.9. The molecule has 5 heteroatoms. The molecule has 20 heavy (non-hydrogen) atoms. The highest BCUT2D eigenvalue weighted by Gasteiger charge is 2.05. The summed E-state index contributed by atoms with van der Waals surface area (Å²) in [5.41, 5.74) is 0.873. The Morgan fingerprint density at radius 1 is 1.45 bits per heavy atom. The third-order valence-electron chi connectivity index (χ3n) is 2.90. The lowest BCUT2D eigenvalue weighted by Crippen LogP contribution is -2.23. The molecule has 0 radical (unpaired) electrons. The number of hydrogen-bond acceptors (Lipinski definition) is 3. The lowest BCUT2D eigenvalue weighted by Gasteiger charge is -2.09. The van der Waals surface area contributed by atoms with Crippen molar-refractivity contribution < 1.29 is 14.7 Å². The van der Waals surface area contributed by atoms with Gasteiger partial charge in [0, 0.05) is 31.4 Å². The predicted molar refractivity (Wildman–Crippen MR) is 76.9 cm³/mol. The van der Waals surface area contributed by atoms with Crippen LogP contribution in [0.3, 0.4) is 0 Å². The molecule has 1 amide bonds. The quantitative estimate of drug-likeness (QED) is 0.713. The van der Waals surface area contributed by atoms with Crippen LogP contribution in [-0.4, -0.2) is 28.5 Å². The number of carbonyl (C=O) groups excluding carboxylic acids is 1. The second kappa shape index (κ2) is 8.85. The molecule has 1 aromatic heterocycles. The minimum Gasteiger partial charge on any atom is -0.481 e. The maximum Gasteiger partial charge on any atom is 0.303 e. The number of aromatic nitrogens is 1. The van der Waals surface area contributed by atoms with Crippen LogP contribution in [0, 0.1) is 5.92 Å². The van der Waals surface area contributed by atoms with E-state index in [1.807, 2.05) is 19.1 Å². The molecule has 0 aliphatic carbocycles. The summed E-state index contributed by atoms with van der Waals surface area (Å²) in [6, 6.07) is 3.67. The fourth-order valence-electron chi connectivity index (χ4n) is 1.66. The SMILES string of the molecule is CC(CCNC(=O)C=Cc1cccnc1)CCC(=O)O. The summed E-state index contributed by atoms with van der Waals surface area (Å²) in [4.78, 5) is 25.9. The molecule has 0 aliphatic rings. The Hall–Kier alpha value is -2.17. The van der Waals surface area contributed by atoms with E-state index >= 15 is 0 Å². The zero-order chi connectivity index (χ0) is 14.8. The highest BCUT2D eigenvalue weighted by molar-refractivity contribution is 5.91. The maximum absolute atomic E-state index is 11.6. The molecule has 1 aromatic rings. The highest BCUT2D eigenvalue weighted by atomic mass is 16.4. The van der Waals surface area contributed by atoms with Gasteiger partial charge in [-0.15, -0.1) is 0 Å². The molecular weight excluding hydrogens is 256 g/mol. The molecule has 108 valence electrons. The van der Waals surface area contributed by atoms with Gasteiger partial charge in [-0.25, -0.2) is 0 Å². The van der Waals surface area contributed by atoms with Gasteiger partial charge in [0.25, 0.3) is 0 Å². The van der Waals surface area contributed by atoms with Crippen molar-refractivity contribution >= 4 is 18.0 Å². The number of nitrogens with zero attached hydrogens (tertiary/aromatic N) is 1. The van der Waals surface area contributed by atoms with Crippen LogP contribution in [0.2, 0.25) is 0 Å². The van der Waals surface area contributed by atoms with Crippen LogP contribution in [0.5, 0.6) is 0 Å². The van der Waals surface area contributed by atoms with Crippen LogP contribution in [0.25, 0.3) is 6.08 Å². The Bertz CT molecular complexity index is 457. The van der Waals surface area contributed by atoms with Gasteiger partial charge < -0.3 is 10.4 Å². The molecule has 2 N–H and O–H groups in total. The van der Waals surface area contributed by atoms with Crippen LogP contribution in [0.4, 0.5) is 0 Å². The molecule has 0 bridgehead atoms. The Morgan fingerprint density at radius 3 is 2.90 bits per heavy atom. The molecule has 1 unspecified atom stereocenters. The summed E-state index contributed by atoms with van der Waals surface area (Å²) in [5.74, 6) is -0.645. The van der Waals surface area contributed by atoms with E-state index in [1.165, 1.54) is 6.08 Å². The van der Waals surface area contributed by atoms with Crippen LogP contribution in [0.1, 0.15) is 31.7 Å². The van der Waals surface area contributed by atoms with Crippen molar-refractivity contribution in [2.24, 2.45) is 5.92 Å². The summed E-state index contributed by atoms with van der Waals surface area (Å²) in [6.07, 6.45) is 8.12. The predicted octanol–water partition coefficient (Wildman–Crippen LogP) is 2.10. The van der Waals surface area contributed by atoms with Crippen LogP contribution in [-0.2, 0) is 9.59 Å². The number of carboxylic acid groups (broad SMARTS) is 1. The van der Waals surface area contributed by atoms with Gasteiger partial charge in [0.15, 0.2) is 0 Å². The van der Waals surface area contributed by atoms with Crippen LogP contribution in [0.15, 0.2) is 30.6 Å². The van der Waals surface area contributed by atoms with Gasteiger partial charge in [-0.1, -0.05) is 13.0 Å². The smallest absolute Gasteiger partial charge is 0.303 e. The molecule has 1 rings (SSSR count). The normalized spacial score (nSPS) is 12.2. The Morgan fingerprint density at radius 2 is 2.25 bits per heavy atom. The summed E-state index contributed by atoms with van der Waals surface area (Å²) < 4.78 is 0. The zero-order valence-electron chi connectivity index (χ0n) is 11.6. The number of pyridine rings is 1. The average molecular weight is 276 g/mol. The molecule has 5 nitrogen and oxygen atoms in total. The van der Waals surface area contributed by atoms with Crippen molar-refractivity contribution in [3.05, 3.63) is 36.2 Å². The Kier molecular flexibility index (Phi) is 7.03. The van der Waals surface area contributed by atoms with E-state index in [9.17, 15) is 9.59 Å². The monoisotopic (exact) mass is 276 g/mol. The maximum atomic E-state index is 11.6. The molecule has 0 spiro atoms. The highest BCUT2D eigenvalue weighted by Crippen LogP contribution is 2.09. The molecule has 0 fully saturated rings. The third kappa shape index (κ3) is 7.31. The second-order valence-electron chi connectivity index (χ2n) is 4.74. The van der Waals surface area contributed by atoms with E-state index in [0.717, 1.165) is 12.0 Å². The number of hydrogen-bond donors (Lipinski definition) is 2. The summed E-state index contributed by atoms with van der Waals surface area (Å²) in [5, 5.41) is 11.3. The summed E-state index contributed by atoms with van der Waals surface area (Å²) in [7, 11) is 0. The fraction of sp³-hybridized carbons (Fsp3) is 0.400. The number of nitrogens with one attached hydrogen (secondary N) is 1. The standard InChI is InChI=1S/C15H20N2O3/c1-12(4-7-15(19)20)8-10-17-14(18)6-5-13-3-2-9-16-11-13/h2-3,5-6,9,11-12H,4,7-8,10H2,1H3,(H,17,18)(H,19,20). The minimum absolute atomic E-state index is 0.153. The van der Waals surface area contributed by atoms with Crippen molar-refractivity contribution in [3.8, 4) is 0 Å². The van der Waals surface area contributed by atoms with E-state index in [-0.39, 0.29) is 18.2 Å². The van der Waals surface area contributed by atoms with Crippen molar-refractivity contribution in [2.45, 2.75) is 26.2 Å². The number of amides is 1. The third-order valence-corrected chi connectivity index (χ3v) is 2.90. The lowest BCUT2D eigenvalue weighted by atomic mass is 10.0. The van der Waals surface area contributed by atoms with Crippen molar-refractivity contribution in [1.29, 1.82) is 0 Å². The van der Waals surface area contributed by atoms with Gasteiger partial charge >= 0.3 is 5.97 Å². The second-order valence-corrected chi connectivity index (χ2v) is 4.74. The lowest BCUT2D eigenvalue weighted by molar-refractivity contribution is -0.137. The number of carbonyl (C=O) groups is 2. The topological polar surface area (TPSA) is 79.3 Å². The van der Waals surface area contributed by atoms with Crippen molar-refractivity contribution in [1.82, 2.24) is 10.3 Å². The van der Waals surface area contributed by atoms with Gasteiger partial charge in [-0.05, 0) is 36.5 Å². The molecule has 1 atom stereocenters. The molecular formula is C15H20N2O3. The van der Waals surface area contributed by atoms with Gasteiger partial charge in [0.1, 0.15) is 0 Å². The van der Waals surface area contributed by atoms with Gasteiger partial charge in [-0.3, -0.25) is 14.6 Å². The summed E-state index contributed by atoms with van der Waals surface area (Å²) >= 11 is 0. The first-order valence-electron chi connectivity index (χ1n) is 6.65. The van der Waals surface area contributed by atoms with Gasteiger partial charge in [0.2, 0.25) is 5.91 Å². The first-order chi connectivity index (χ1) is 9.58. The summed E-state index contributed by atoms with van der Waals surface area (Å²) in [6.45, 7) is 2.54. The minimum atomic E-state index is -0.778. The van der Waals surface area contributed by atoms with E-state index in [0.29, 0.717) is 13.0 Å². The molecule has 0 aliphatic heterocycles. The van der Waals surface area contributed by atoms with Crippen molar-refractivity contribution in [3.63, 3.8) is 0 Å². The Labute approximate surface area is 118 Å². The fourth-order valence-corrected chi connectivity index (χ4v) is 1.66. The molecule has 0 aromatic carbocycles. The van der Waals surface area contributed by atoms with E-state index in [4.69, 9.17) is 5.11 Å². The molecule has 0 saturated heterocycles. The van der Waals surface area contributed by atoms with Crippen LogP contribution >= 0.6 is 0 Å². The van der Waals surface area contributed by atoms with Gasteiger partial charge in [0.05, 0.1) is 0 Å².